The summed E-state index contributed by atoms with van der Waals surface area (Å²) in [6.07, 6.45) is 12.1. The number of ketones is 1. The van der Waals surface area contributed by atoms with Gasteiger partial charge in [0.05, 0.1) is 12.7 Å². The number of carbonyl (C=O) groups is 1. The third-order valence-corrected chi connectivity index (χ3v) is 3.89. The van der Waals surface area contributed by atoms with Gasteiger partial charge in [-0.15, -0.1) is 0 Å². The number of epoxide rings is 1. The van der Waals surface area contributed by atoms with Gasteiger partial charge in [0.1, 0.15) is 5.60 Å². The van der Waals surface area contributed by atoms with Gasteiger partial charge in [0.25, 0.3) is 0 Å². The van der Waals surface area contributed by atoms with Gasteiger partial charge in [-0.25, -0.2) is 0 Å². The van der Waals surface area contributed by atoms with E-state index >= 15 is 0 Å². The lowest BCUT2D eigenvalue weighted by molar-refractivity contribution is -0.114. The van der Waals surface area contributed by atoms with Gasteiger partial charge in [-0.2, -0.15) is 0 Å². The highest BCUT2D eigenvalue weighted by Crippen LogP contribution is 2.40. The largest absolute Gasteiger partial charge is 0.392 e. The summed E-state index contributed by atoms with van der Waals surface area (Å²) >= 11 is 0. The third-order valence-electron chi connectivity index (χ3n) is 3.89. The Hall–Kier alpha value is -1.45. The van der Waals surface area contributed by atoms with Crippen molar-refractivity contribution in [3.63, 3.8) is 0 Å². The summed E-state index contributed by atoms with van der Waals surface area (Å²) in [6.45, 7) is 10.0. The number of hydrogen-bond donors (Lipinski definition) is 1. The Morgan fingerprint density at radius 3 is 2.48 bits per heavy atom. The van der Waals surface area contributed by atoms with Crippen LogP contribution in [0.3, 0.4) is 0 Å². The van der Waals surface area contributed by atoms with Crippen molar-refractivity contribution in [2.24, 2.45) is 0 Å². The second-order valence-electron chi connectivity index (χ2n) is 6.78. The van der Waals surface area contributed by atoms with Gasteiger partial charge in [-0.05, 0) is 53.5 Å². The van der Waals surface area contributed by atoms with Gasteiger partial charge < -0.3 is 9.84 Å². The van der Waals surface area contributed by atoms with Gasteiger partial charge in [0, 0.05) is 6.42 Å². The number of rotatable bonds is 9. The maximum Gasteiger partial charge on any atom is 0.159 e. The molecule has 1 saturated heterocycles. The summed E-state index contributed by atoms with van der Waals surface area (Å²) in [5, 5.41) is 8.82. The van der Waals surface area contributed by atoms with Crippen LogP contribution in [0.25, 0.3) is 0 Å². The maximum atomic E-state index is 11.7. The predicted molar refractivity (Wildman–Crippen MR) is 95.3 cm³/mol. The highest BCUT2D eigenvalue weighted by atomic mass is 16.6. The lowest BCUT2D eigenvalue weighted by atomic mass is 10.0. The molecule has 2 unspecified atom stereocenters. The van der Waals surface area contributed by atoms with Crippen molar-refractivity contribution in [2.45, 2.75) is 65.6 Å². The number of ether oxygens (including phenoxy) is 1. The Morgan fingerprint density at radius 2 is 1.87 bits per heavy atom. The summed E-state index contributed by atoms with van der Waals surface area (Å²) in [5.74, 6) is 0.157. The van der Waals surface area contributed by atoms with Crippen LogP contribution >= 0.6 is 0 Å². The minimum absolute atomic E-state index is 0.0889. The van der Waals surface area contributed by atoms with Crippen LogP contribution in [0.1, 0.15) is 53.9 Å². The van der Waals surface area contributed by atoms with E-state index < -0.39 is 0 Å². The molecule has 3 heteroatoms. The van der Waals surface area contributed by atoms with E-state index in [1.54, 1.807) is 6.08 Å². The first kappa shape index (κ1) is 19.6. The molecule has 1 aliphatic rings. The van der Waals surface area contributed by atoms with Crippen molar-refractivity contribution in [1.29, 1.82) is 0 Å². The SMILES string of the molecule is CC(C)=CC(=O)C/C(C)=C/CC1OC1(C)/C=C/C/C(C)=C/CO. The Labute approximate surface area is 140 Å². The van der Waals surface area contributed by atoms with Crippen LogP contribution in [0.15, 0.2) is 47.1 Å². The van der Waals surface area contributed by atoms with E-state index in [9.17, 15) is 4.79 Å². The second kappa shape index (κ2) is 8.99. The fourth-order valence-electron chi connectivity index (χ4n) is 2.45. The Balaban J connectivity index is 2.41. The van der Waals surface area contributed by atoms with E-state index in [0.717, 1.165) is 29.6 Å². The lowest BCUT2D eigenvalue weighted by Gasteiger charge is -2.00. The molecule has 0 aliphatic carbocycles. The molecule has 2 atom stereocenters. The van der Waals surface area contributed by atoms with Crippen LogP contribution in [-0.4, -0.2) is 29.2 Å². The first-order valence-electron chi connectivity index (χ1n) is 8.22. The highest BCUT2D eigenvalue weighted by Gasteiger charge is 2.48. The lowest BCUT2D eigenvalue weighted by Crippen LogP contribution is -2.05. The summed E-state index contributed by atoms with van der Waals surface area (Å²) in [6, 6.07) is 0. The zero-order valence-corrected chi connectivity index (χ0v) is 15.1. The number of aliphatic hydroxyl groups is 1. The minimum atomic E-state index is -0.194. The van der Waals surface area contributed by atoms with Gasteiger partial charge in [0.2, 0.25) is 0 Å². The van der Waals surface area contributed by atoms with Crippen molar-refractivity contribution in [3.05, 3.63) is 47.1 Å². The van der Waals surface area contributed by atoms with E-state index in [0.29, 0.717) is 6.42 Å². The zero-order chi connectivity index (χ0) is 17.5. The summed E-state index contributed by atoms with van der Waals surface area (Å²) in [5.41, 5.74) is 3.09. The quantitative estimate of drug-likeness (QED) is 0.392. The Morgan fingerprint density at radius 1 is 1.17 bits per heavy atom. The molecule has 0 aromatic rings. The normalized spacial score (nSPS) is 24.9. The number of aliphatic hydroxyl groups excluding tert-OH is 1. The molecule has 0 bridgehead atoms. The van der Waals surface area contributed by atoms with E-state index in [4.69, 9.17) is 9.84 Å². The molecule has 1 fully saturated rings. The average molecular weight is 318 g/mol. The molecule has 128 valence electrons. The molecule has 0 amide bonds. The first-order valence-corrected chi connectivity index (χ1v) is 8.22. The second-order valence-corrected chi connectivity index (χ2v) is 6.78. The van der Waals surface area contributed by atoms with Gasteiger partial charge in [0.15, 0.2) is 5.78 Å². The monoisotopic (exact) mass is 318 g/mol. The summed E-state index contributed by atoms with van der Waals surface area (Å²) in [7, 11) is 0. The number of hydrogen-bond acceptors (Lipinski definition) is 3. The molecule has 0 aromatic heterocycles. The van der Waals surface area contributed by atoms with E-state index in [2.05, 4.69) is 25.2 Å². The number of allylic oxidation sites excluding steroid dienone is 5. The van der Waals surface area contributed by atoms with E-state index in [1.807, 2.05) is 33.8 Å². The molecule has 0 radical (unpaired) electrons. The smallest absolute Gasteiger partial charge is 0.159 e. The fraction of sp³-hybridized carbons (Fsp3) is 0.550. The van der Waals surface area contributed by atoms with E-state index in [1.165, 1.54) is 0 Å². The molecular weight excluding hydrogens is 288 g/mol. The van der Waals surface area contributed by atoms with Crippen LogP contribution in [-0.2, 0) is 9.53 Å². The zero-order valence-electron chi connectivity index (χ0n) is 15.1. The van der Waals surface area contributed by atoms with Crippen molar-refractivity contribution in [3.8, 4) is 0 Å². The van der Waals surface area contributed by atoms with Gasteiger partial charge in [-0.1, -0.05) is 41.0 Å². The van der Waals surface area contributed by atoms with E-state index in [-0.39, 0.29) is 24.1 Å². The van der Waals surface area contributed by atoms with Crippen LogP contribution in [0.2, 0.25) is 0 Å². The maximum absolute atomic E-state index is 11.7. The molecule has 0 aromatic carbocycles. The molecule has 1 rings (SSSR count). The Kier molecular flexibility index (Phi) is 7.66. The fourth-order valence-corrected chi connectivity index (χ4v) is 2.45. The van der Waals surface area contributed by atoms with Crippen molar-refractivity contribution >= 4 is 5.78 Å². The summed E-state index contributed by atoms with van der Waals surface area (Å²) < 4.78 is 5.77. The third kappa shape index (κ3) is 7.58. The average Bonchev–Trinajstić information content (AvgIpc) is 3.06. The molecule has 0 spiro atoms. The molecule has 3 nitrogen and oxygen atoms in total. The van der Waals surface area contributed by atoms with Crippen molar-refractivity contribution in [1.82, 2.24) is 0 Å². The highest BCUT2D eigenvalue weighted by molar-refractivity contribution is 5.91. The van der Waals surface area contributed by atoms with Crippen molar-refractivity contribution < 1.29 is 14.6 Å². The summed E-state index contributed by atoms with van der Waals surface area (Å²) in [4.78, 5) is 11.7. The number of carbonyl (C=O) groups excluding carboxylic acids is 1. The van der Waals surface area contributed by atoms with Crippen molar-refractivity contribution in [2.75, 3.05) is 6.61 Å². The van der Waals surface area contributed by atoms with Crippen LogP contribution < -0.4 is 0 Å². The van der Waals surface area contributed by atoms with Crippen LogP contribution in [0.5, 0.6) is 0 Å². The molecule has 1 heterocycles. The van der Waals surface area contributed by atoms with Gasteiger partial charge >= 0.3 is 0 Å². The predicted octanol–water partition coefficient (Wildman–Crippen LogP) is 4.29. The molecule has 1 N–H and O–H groups in total. The first-order chi connectivity index (χ1) is 10.8. The molecule has 23 heavy (non-hydrogen) atoms. The standard InChI is InChI=1S/C20H30O3/c1-15(2)13-18(22)14-17(4)8-9-19-20(5,23-19)11-6-7-16(3)10-12-21/h6,8,10-11,13,19,21H,7,9,12,14H2,1-5H3/b11-6+,16-10+,17-8+. The molecule has 0 saturated carbocycles. The molecular formula is C20H30O3. The van der Waals surface area contributed by atoms with Crippen LogP contribution in [0, 0.1) is 0 Å². The molecule has 1 aliphatic heterocycles. The Bertz CT molecular complexity index is 533. The minimum Gasteiger partial charge on any atom is -0.392 e. The topological polar surface area (TPSA) is 49.8 Å². The van der Waals surface area contributed by atoms with Gasteiger partial charge in [-0.3, -0.25) is 4.79 Å². The van der Waals surface area contributed by atoms with Crippen LogP contribution in [0.4, 0.5) is 0 Å².